The smallest absolute Gasteiger partial charge is 0.115 e. The lowest BCUT2D eigenvalue weighted by Gasteiger charge is -2.20. The van der Waals surface area contributed by atoms with Crippen molar-refractivity contribution in [2.75, 3.05) is 20.8 Å². The minimum Gasteiger partial charge on any atom is -0.508 e. The summed E-state index contributed by atoms with van der Waals surface area (Å²) in [6.07, 6.45) is 19.3. The molecule has 162 valence electrons. The zero-order valence-electron chi connectivity index (χ0n) is 18.5. The lowest BCUT2D eigenvalue weighted by molar-refractivity contribution is 0.183. The van der Waals surface area contributed by atoms with Gasteiger partial charge in [0.2, 0.25) is 0 Å². The van der Waals surface area contributed by atoms with Gasteiger partial charge < -0.3 is 20.3 Å². The third kappa shape index (κ3) is 15.5. The highest BCUT2D eigenvalue weighted by molar-refractivity contribution is 5.34. The molecule has 0 radical (unpaired) electrons. The van der Waals surface area contributed by atoms with Gasteiger partial charge in [-0.05, 0) is 42.6 Å². The molecule has 0 atom stereocenters. The molecule has 0 aromatic heterocycles. The normalized spacial score (nSPS) is 13.1. The van der Waals surface area contributed by atoms with Crippen LogP contribution in [0.2, 0.25) is 0 Å². The summed E-state index contributed by atoms with van der Waals surface area (Å²) in [7, 11) is 3.54. The minimum atomic E-state index is 0.284. The van der Waals surface area contributed by atoms with Gasteiger partial charge in [0.05, 0.1) is 6.61 Å². The summed E-state index contributed by atoms with van der Waals surface area (Å²) >= 11 is 0. The first-order valence-corrected chi connectivity index (χ1v) is 10.5. The Morgan fingerprint density at radius 1 is 1.07 bits per heavy atom. The maximum Gasteiger partial charge on any atom is 0.115 e. The third-order valence-corrected chi connectivity index (χ3v) is 4.50. The summed E-state index contributed by atoms with van der Waals surface area (Å²) in [5.74, 6) is 1.38. The predicted molar refractivity (Wildman–Crippen MR) is 120 cm³/mol. The van der Waals surface area contributed by atoms with Crippen LogP contribution in [0.5, 0.6) is 5.75 Å². The fourth-order valence-corrected chi connectivity index (χ4v) is 3.15. The molecule has 1 aromatic carbocycles. The van der Waals surface area contributed by atoms with Crippen molar-refractivity contribution in [2.45, 2.75) is 78.4 Å². The molecule has 1 fully saturated rings. The van der Waals surface area contributed by atoms with Crippen molar-refractivity contribution in [3.63, 3.8) is 0 Å². The quantitative estimate of drug-likeness (QED) is 0.553. The molecule has 0 aliphatic heterocycles. The Morgan fingerprint density at radius 2 is 1.68 bits per heavy atom. The molecule has 1 aromatic rings. The lowest BCUT2D eigenvalue weighted by Crippen LogP contribution is -2.08. The molecular formula is C24H43NO3. The maximum atomic E-state index is 9.26. The molecule has 28 heavy (non-hydrogen) atoms. The van der Waals surface area contributed by atoms with Gasteiger partial charge in [0.1, 0.15) is 5.75 Å². The Bertz CT molecular complexity index is 463. The van der Waals surface area contributed by atoms with Crippen LogP contribution in [0.3, 0.4) is 0 Å². The molecule has 0 amide bonds. The number of ether oxygens (including phenoxy) is 1. The van der Waals surface area contributed by atoms with Crippen molar-refractivity contribution in [1.29, 1.82) is 0 Å². The molecular weight excluding hydrogens is 350 g/mol. The van der Waals surface area contributed by atoms with E-state index in [-0.39, 0.29) is 5.75 Å². The van der Waals surface area contributed by atoms with Crippen LogP contribution in [-0.2, 0) is 17.9 Å². The molecule has 1 saturated carbocycles. The third-order valence-electron chi connectivity index (χ3n) is 4.50. The van der Waals surface area contributed by atoms with Gasteiger partial charge in [0.25, 0.3) is 0 Å². The van der Waals surface area contributed by atoms with Crippen LogP contribution in [0.15, 0.2) is 18.2 Å². The first-order valence-electron chi connectivity index (χ1n) is 10.5. The Morgan fingerprint density at radius 3 is 2.14 bits per heavy atom. The molecule has 0 saturated heterocycles. The van der Waals surface area contributed by atoms with Crippen molar-refractivity contribution in [1.82, 2.24) is 5.32 Å². The lowest BCUT2D eigenvalue weighted by atomic mass is 9.86. The van der Waals surface area contributed by atoms with E-state index in [2.05, 4.69) is 25.1 Å². The standard InChI is InChI=1S/C10H15NO2.C9H18.C3H8O.C2H2/c1-11-6-8-3-4-10(12)5-9(8)7-13-2;1-2-6-9-7-4-3-5-8-9;1-2-3-4;1-2/h3-5,11-12H,6-7H2,1-2H3;9H,2-8H2,1H3;4H,2-3H2,1H3;1-2H. The van der Waals surface area contributed by atoms with Gasteiger partial charge in [0.15, 0.2) is 0 Å². The summed E-state index contributed by atoms with van der Waals surface area (Å²) in [6.45, 7) is 5.87. The first kappa shape index (κ1) is 28.7. The topological polar surface area (TPSA) is 61.7 Å². The Balaban J connectivity index is 0. The van der Waals surface area contributed by atoms with Gasteiger partial charge in [-0.3, -0.25) is 0 Å². The number of aliphatic hydroxyl groups is 1. The molecule has 4 nitrogen and oxygen atoms in total. The van der Waals surface area contributed by atoms with Crippen molar-refractivity contribution >= 4 is 0 Å². The molecule has 3 N–H and O–H groups in total. The average molecular weight is 394 g/mol. The van der Waals surface area contributed by atoms with Gasteiger partial charge in [-0.15, -0.1) is 12.8 Å². The van der Waals surface area contributed by atoms with Crippen molar-refractivity contribution in [3.8, 4) is 18.6 Å². The summed E-state index contributed by atoms with van der Waals surface area (Å²) in [4.78, 5) is 0. The summed E-state index contributed by atoms with van der Waals surface area (Å²) in [5, 5.41) is 20.2. The van der Waals surface area contributed by atoms with E-state index in [4.69, 9.17) is 9.84 Å². The fourth-order valence-electron chi connectivity index (χ4n) is 3.15. The fraction of sp³-hybridized carbons (Fsp3) is 0.667. The van der Waals surface area contributed by atoms with Crippen molar-refractivity contribution in [3.05, 3.63) is 29.3 Å². The van der Waals surface area contributed by atoms with E-state index >= 15 is 0 Å². The van der Waals surface area contributed by atoms with Crippen LogP contribution in [0.4, 0.5) is 0 Å². The number of aliphatic hydroxyl groups excluding tert-OH is 1. The summed E-state index contributed by atoms with van der Waals surface area (Å²) < 4.78 is 5.03. The Kier molecular flexibility index (Phi) is 22.3. The van der Waals surface area contributed by atoms with E-state index in [1.54, 1.807) is 19.2 Å². The number of hydrogen-bond acceptors (Lipinski definition) is 4. The first-order chi connectivity index (χ1) is 13.6. The maximum absolute atomic E-state index is 9.26. The minimum absolute atomic E-state index is 0.284. The van der Waals surface area contributed by atoms with Crippen LogP contribution in [-0.4, -0.2) is 31.0 Å². The molecule has 2 rings (SSSR count). The molecule has 0 unspecified atom stereocenters. The van der Waals surface area contributed by atoms with Crippen LogP contribution in [0, 0.1) is 18.8 Å². The van der Waals surface area contributed by atoms with Gasteiger partial charge in [0, 0.05) is 20.3 Å². The number of benzene rings is 1. The van der Waals surface area contributed by atoms with Crippen molar-refractivity contribution < 1.29 is 14.9 Å². The number of phenolic OH excluding ortho intramolecular Hbond substituents is 1. The zero-order chi connectivity index (χ0) is 21.6. The van der Waals surface area contributed by atoms with Crippen LogP contribution < -0.4 is 5.32 Å². The molecule has 0 bridgehead atoms. The number of phenols is 1. The van der Waals surface area contributed by atoms with E-state index in [1.807, 2.05) is 20.0 Å². The Labute approximate surface area is 173 Å². The van der Waals surface area contributed by atoms with E-state index < -0.39 is 0 Å². The van der Waals surface area contributed by atoms with Gasteiger partial charge >= 0.3 is 0 Å². The molecule has 4 heteroatoms. The highest BCUT2D eigenvalue weighted by Gasteiger charge is 2.11. The van der Waals surface area contributed by atoms with E-state index in [0.29, 0.717) is 13.2 Å². The molecule has 1 aliphatic carbocycles. The highest BCUT2D eigenvalue weighted by atomic mass is 16.5. The van der Waals surface area contributed by atoms with Crippen LogP contribution in [0.25, 0.3) is 0 Å². The zero-order valence-corrected chi connectivity index (χ0v) is 18.5. The number of aromatic hydroxyl groups is 1. The number of nitrogens with one attached hydrogen (secondary N) is 1. The SMILES string of the molecule is C#C.CCCC1CCCCC1.CCCO.CNCc1ccc(O)cc1COC. The van der Waals surface area contributed by atoms with Crippen molar-refractivity contribution in [2.24, 2.45) is 5.92 Å². The highest BCUT2D eigenvalue weighted by Crippen LogP contribution is 2.26. The van der Waals surface area contributed by atoms with Gasteiger partial charge in [-0.25, -0.2) is 0 Å². The number of hydrogen-bond donors (Lipinski definition) is 3. The summed E-state index contributed by atoms with van der Waals surface area (Å²) in [5.41, 5.74) is 2.18. The van der Waals surface area contributed by atoms with E-state index in [9.17, 15) is 5.11 Å². The summed E-state index contributed by atoms with van der Waals surface area (Å²) in [6, 6.07) is 5.32. The second-order valence-corrected chi connectivity index (χ2v) is 6.93. The Hall–Kier alpha value is -1.54. The predicted octanol–water partition coefficient (Wildman–Crippen LogP) is 5.26. The second kappa shape index (κ2) is 21.8. The molecule has 0 heterocycles. The average Bonchev–Trinajstić information content (AvgIpc) is 2.73. The van der Waals surface area contributed by atoms with E-state index in [0.717, 1.165) is 30.0 Å². The monoisotopic (exact) mass is 393 g/mol. The molecule has 0 spiro atoms. The van der Waals surface area contributed by atoms with E-state index in [1.165, 1.54) is 44.9 Å². The van der Waals surface area contributed by atoms with Crippen LogP contribution >= 0.6 is 0 Å². The molecule has 1 aliphatic rings. The number of methoxy groups -OCH3 is 1. The largest absolute Gasteiger partial charge is 0.508 e. The number of terminal acetylenes is 1. The second-order valence-electron chi connectivity index (χ2n) is 6.93. The van der Waals surface area contributed by atoms with Gasteiger partial charge in [-0.2, -0.15) is 0 Å². The number of rotatable bonds is 7. The van der Waals surface area contributed by atoms with Gasteiger partial charge in [-0.1, -0.05) is 64.9 Å². The van der Waals surface area contributed by atoms with Crippen LogP contribution in [0.1, 0.15) is 76.3 Å².